The molecule has 2 nitrogen and oxygen atoms in total. The molecule has 0 bridgehead atoms. The van der Waals surface area contributed by atoms with Crippen molar-refractivity contribution in [3.8, 4) is 0 Å². The maximum atomic E-state index is 12.1. The van der Waals surface area contributed by atoms with E-state index in [2.05, 4.69) is 12.1 Å². The summed E-state index contributed by atoms with van der Waals surface area (Å²) in [7, 11) is -0.902. The van der Waals surface area contributed by atoms with Crippen molar-refractivity contribution in [2.75, 3.05) is 5.75 Å². The number of Topliss-reactive ketones (excluding diaryl/α,β-unsaturated/α-hetero) is 1. The predicted molar refractivity (Wildman–Crippen MR) is 74.3 cm³/mol. The van der Waals surface area contributed by atoms with Crippen LogP contribution < -0.4 is 0 Å². The van der Waals surface area contributed by atoms with Gasteiger partial charge in [-0.15, -0.1) is 0 Å². The summed E-state index contributed by atoms with van der Waals surface area (Å²) in [6.07, 6.45) is 5.85. The van der Waals surface area contributed by atoms with Crippen molar-refractivity contribution in [1.82, 2.24) is 0 Å². The summed E-state index contributed by atoms with van der Waals surface area (Å²) >= 11 is 0. The first-order valence-electron chi connectivity index (χ1n) is 6.66. The van der Waals surface area contributed by atoms with E-state index in [1.807, 2.05) is 6.07 Å². The number of unbranched alkanes of at least 4 members (excludes halogenated alkanes) is 1. The highest BCUT2D eigenvalue weighted by molar-refractivity contribution is 7.85. The summed E-state index contributed by atoms with van der Waals surface area (Å²) in [6.45, 7) is 1.61. The highest BCUT2D eigenvalue weighted by atomic mass is 32.2. The third kappa shape index (κ3) is 3.52. The Balaban J connectivity index is 1.87. The molecule has 1 unspecified atom stereocenters. The smallest absolute Gasteiger partial charge is 0.129 e. The fourth-order valence-corrected chi connectivity index (χ4v) is 3.61. The first-order chi connectivity index (χ1) is 8.66. The Labute approximate surface area is 111 Å². The zero-order valence-corrected chi connectivity index (χ0v) is 11.7. The van der Waals surface area contributed by atoms with Gasteiger partial charge in [0, 0.05) is 17.1 Å². The van der Waals surface area contributed by atoms with E-state index in [-0.39, 0.29) is 5.78 Å². The van der Waals surface area contributed by atoms with Gasteiger partial charge < -0.3 is 4.79 Å². The number of benzene rings is 1. The molecule has 1 aromatic carbocycles. The number of ketones is 1. The molecule has 0 fully saturated rings. The number of fused-ring (bicyclic) bond motifs is 1. The summed E-state index contributed by atoms with van der Waals surface area (Å²) in [4.78, 5) is 11.8. The lowest BCUT2D eigenvalue weighted by Crippen LogP contribution is -2.00. The van der Waals surface area contributed by atoms with Gasteiger partial charge in [-0.2, -0.15) is 0 Å². The second-order valence-corrected chi connectivity index (χ2v) is 6.56. The highest BCUT2D eigenvalue weighted by Crippen LogP contribution is 2.24. The Hall–Kier alpha value is -0.960. The number of rotatable bonds is 6. The van der Waals surface area contributed by atoms with Crippen LogP contribution in [0, 0.1) is 0 Å². The quantitative estimate of drug-likeness (QED) is 0.740. The van der Waals surface area contributed by atoms with Gasteiger partial charge >= 0.3 is 0 Å². The molecular formula is C15H20O2S. The van der Waals surface area contributed by atoms with Crippen molar-refractivity contribution in [2.45, 2.75) is 50.3 Å². The van der Waals surface area contributed by atoms with Crippen LogP contribution in [-0.2, 0) is 28.4 Å². The largest absolute Gasteiger partial charge is 0.300 e. The molecule has 18 heavy (non-hydrogen) atoms. The van der Waals surface area contributed by atoms with Crippen LogP contribution in [0.15, 0.2) is 23.1 Å². The second-order valence-electron chi connectivity index (χ2n) is 4.99. The van der Waals surface area contributed by atoms with Crippen LogP contribution in [-0.4, -0.2) is 15.7 Å². The van der Waals surface area contributed by atoms with Crippen LogP contribution in [0.4, 0.5) is 0 Å². The van der Waals surface area contributed by atoms with Gasteiger partial charge in [0.1, 0.15) is 5.78 Å². The van der Waals surface area contributed by atoms with E-state index in [1.165, 1.54) is 24.0 Å². The van der Waals surface area contributed by atoms with Crippen LogP contribution >= 0.6 is 0 Å². The monoisotopic (exact) mass is 264 g/mol. The van der Waals surface area contributed by atoms with Gasteiger partial charge in [-0.25, -0.2) is 0 Å². The molecule has 0 saturated heterocycles. The van der Waals surface area contributed by atoms with Gasteiger partial charge in [0.05, 0.1) is 10.8 Å². The van der Waals surface area contributed by atoms with Gasteiger partial charge in [-0.3, -0.25) is 4.21 Å². The molecule has 0 heterocycles. The topological polar surface area (TPSA) is 34.1 Å². The zero-order valence-electron chi connectivity index (χ0n) is 10.9. The zero-order chi connectivity index (χ0) is 13.0. The van der Waals surface area contributed by atoms with E-state index in [0.29, 0.717) is 12.2 Å². The lowest BCUT2D eigenvalue weighted by atomic mass is 10.1. The molecule has 0 aromatic heterocycles. The van der Waals surface area contributed by atoms with Crippen molar-refractivity contribution in [1.29, 1.82) is 0 Å². The summed E-state index contributed by atoms with van der Waals surface area (Å²) in [6, 6.07) is 6.25. The highest BCUT2D eigenvalue weighted by Gasteiger charge is 2.13. The SMILES string of the molecule is CC(=O)CCCCS(=O)c1ccc2c(c1)CCC2. The van der Waals surface area contributed by atoms with Crippen molar-refractivity contribution < 1.29 is 9.00 Å². The Morgan fingerprint density at radius 1 is 1.22 bits per heavy atom. The summed E-state index contributed by atoms with van der Waals surface area (Å²) in [5, 5.41) is 0. The van der Waals surface area contributed by atoms with E-state index >= 15 is 0 Å². The van der Waals surface area contributed by atoms with Crippen molar-refractivity contribution >= 4 is 16.6 Å². The van der Waals surface area contributed by atoms with Crippen LogP contribution in [0.25, 0.3) is 0 Å². The standard InChI is InChI=1S/C15H20O2S/c1-12(16)5-2-3-10-18(17)15-9-8-13-6-4-7-14(13)11-15/h8-9,11H,2-7,10H2,1H3. The number of hydrogen-bond donors (Lipinski definition) is 0. The Kier molecular flexibility index (Phi) is 4.70. The van der Waals surface area contributed by atoms with E-state index in [1.54, 1.807) is 6.92 Å². The van der Waals surface area contributed by atoms with Gasteiger partial charge in [-0.05, 0) is 62.3 Å². The summed E-state index contributed by atoms with van der Waals surface area (Å²) in [5.41, 5.74) is 2.80. The van der Waals surface area contributed by atoms with E-state index < -0.39 is 10.8 Å². The van der Waals surface area contributed by atoms with Gasteiger partial charge in [0.2, 0.25) is 0 Å². The van der Waals surface area contributed by atoms with E-state index in [4.69, 9.17) is 0 Å². The molecule has 0 aliphatic heterocycles. The minimum atomic E-state index is -0.902. The minimum absolute atomic E-state index is 0.221. The normalized spacial score (nSPS) is 15.4. The van der Waals surface area contributed by atoms with Crippen molar-refractivity contribution in [2.24, 2.45) is 0 Å². The van der Waals surface area contributed by atoms with Crippen LogP contribution in [0.1, 0.15) is 43.7 Å². The van der Waals surface area contributed by atoms with Crippen molar-refractivity contribution in [3.05, 3.63) is 29.3 Å². The molecule has 1 aliphatic rings. The molecular weight excluding hydrogens is 244 g/mol. The van der Waals surface area contributed by atoms with Gasteiger partial charge in [0.25, 0.3) is 0 Å². The van der Waals surface area contributed by atoms with Crippen LogP contribution in [0.2, 0.25) is 0 Å². The molecule has 98 valence electrons. The fraction of sp³-hybridized carbons (Fsp3) is 0.533. The first kappa shape index (κ1) is 13.5. The third-order valence-corrected chi connectivity index (χ3v) is 4.88. The molecule has 3 heteroatoms. The molecule has 1 atom stereocenters. The first-order valence-corrected chi connectivity index (χ1v) is 7.98. The lowest BCUT2D eigenvalue weighted by Gasteiger charge is -2.05. The van der Waals surface area contributed by atoms with Crippen LogP contribution in [0.3, 0.4) is 0 Å². The average molecular weight is 264 g/mol. The summed E-state index contributed by atoms with van der Waals surface area (Å²) < 4.78 is 12.1. The lowest BCUT2D eigenvalue weighted by molar-refractivity contribution is -0.117. The van der Waals surface area contributed by atoms with Gasteiger partial charge in [0.15, 0.2) is 0 Å². The molecule has 0 N–H and O–H groups in total. The number of hydrogen-bond acceptors (Lipinski definition) is 2. The molecule has 0 spiro atoms. The Bertz CT molecular complexity index is 466. The number of carbonyl (C=O) groups excluding carboxylic acids is 1. The average Bonchev–Trinajstić information content (AvgIpc) is 2.81. The maximum Gasteiger partial charge on any atom is 0.129 e. The van der Waals surface area contributed by atoms with Gasteiger partial charge in [-0.1, -0.05) is 6.07 Å². The fourth-order valence-electron chi connectivity index (χ4n) is 2.41. The maximum absolute atomic E-state index is 12.1. The Morgan fingerprint density at radius 2 is 2.00 bits per heavy atom. The van der Waals surface area contributed by atoms with E-state index in [0.717, 1.165) is 24.2 Å². The van der Waals surface area contributed by atoms with E-state index in [9.17, 15) is 9.00 Å². The third-order valence-electron chi connectivity index (χ3n) is 3.44. The Morgan fingerprint density at radius 3 is 2.78 bits per heavy atom. The molecule has 2 rings (SSSR count). The minimum Gasteiger partial charge on any atom is -0.300 e. The number of carbonyl (C=O) groups is 1. The number of aryl methyl sites for hydroxylation is 2. The van der Waals surface area contributed by atoms with Crippen molar-refractivity contribution in [3.63, 3.8) is 0 Å². The predicted octanol–water partition coefficient (Wildman–Crippen LogP) is 3.04. The van der Waals surface area contributed by atoms with Crippen LogP contribution in [0.5, 0.6) is 0 Å². The second kappa shape index (κ2) is 6.28. The molecule has 1 aliphatic carbocycles. The molecule has 0 saturated carbocycles. The molecule has 0 radical (unpaired) electrons. The molecule has 1 aromatic rings. The summed E-state index contributed by atoms with van der Waals surface area (Å²) in [5.74, 6) is 0.893. The molecule has 0 amide bonds.